The van der Waals surface area contributed by atoms with Crippen molar-refractivity contribution in [3.63, 3.8) is 0 Å². The van der Waals surface area contributed by atoms with Crippen LogP contribution in [0.2, 0.25) is 0 Å². The lowest BCUT2D eigenvalue weighted by molar-refractivity contribution is -0.909. The lowest BCUT2D eigenvalue weighted by Crippen LogP contribution is -3.14. The second kappa shape index (κ2) is 8.54. The van der Waals surface area contributed by atoms with E-state index in [0.717, 1.165) is 24.9 Å². The van der Waals surface area contributed by atoms with Gasteiger partial charge in [0, 0.05) is 19.4 Å². The average Bonchev–Trinajstić information content (AvgIpc) is 3.01. The minimum absolute atomic E-state index is 0.450. The molecule has 5 heteroatoms. The van der Waals surface area contributed by atoms with Crippen LogP contribution in [0.3, 0.4) is 0 Å². The van der Waals surface area contributed by atoms with Crippen LogP contribution in [0, 0.1) is 0 Å². The second-order valence-corrected chi connectivity index (χ2v) is 5.80. The number of carbonyl (C=O) groups is 2. The van der Waals surface area contributed by atoms with Crippen molar-refractivity contribution in [2.75, 3.05) is 26.2 Å². The molecule has 1 fully saturated rings. The van der Waals surface area contributed by atoms with Crippen molar-refractivity contribution >= 4 is 11.8 Å². The fourth-order valence-electron chi connectivity index (χ4n) is 3.04. The first-order valence-corrected chi connectivity index (χ1v) is 8.15. The van der Waals surface area contributed by atoms with Gasteiger partial charge in [0.25, 0.3) is 0 Å². The van der Waals surface area contributed by atoms with E-state index in [2.05, 4.69) is 17.6 Å². The molecular formula is C17H26N3O2+. The van der Waals surface area contributed by atoms with E-state index in [1.807, 2.05) is 30.3 Å². The summed E-state index contributed by atoms with van der Waals surface area (Å²) in [5.74, 6) is -1.05. The predicted octanol–water partition coefficient (Wildman–Crippen LogP) is -0.471. The normalized spacial score (nSPS) is 20.6. The Morgan fingerprint density at radius 3 is 2.64 bits per heavy atom. The molecule has 0 bridgehead atoms. The maximum Gasteiger partial charge on any atom is 0.309 e. The Hall–Kier alpha value is -1.88. The van der Waals surface area contributed by atoms with Crippen LogP contribution in [-0.2, 0) is 16.0 Å². The molecular weight excluding hydrogens is 278 g/mol. The largest absolute Gasteiger partial charge is 0.348 e. The van der Waals surface area contributed by atoms with Gasteiger partial charge in [-0.2, -0.15) is 0 Å². The van der Waals surface area contributed by atoms with Crippen molar-refractivity contribution in [1.29, 1.82) is 0 Å². The molecule has 0 aliphatic carbocycles. The Balaban J connectivity index is 1.65. The molecule has 0 aromatic heterocycles. The van der Waals surface area contributed by atoms with E-state index in [1.165, 1.54) is 17.9 Å². The summed E-state index contributed by atoms with van der Waals surface area (Å²) in [4.78, 5) is 25.1. The fraction of sp³-hybridized carbons (Fsp3) is 0.529. The Morgan fingerprint density at radius 2 is 1.91 bits per heavy atom. The van der Waals surface area contributed by atoms with Crippen molar-refractivity contribution in [3.05, 3.63) is 35.9 Å². The average molecular weight is 304 g/mol. The maximum absolute atomic E-state index is 11.8. The first-order chi connectivity index (χ1) is 10.7. The van der Waals surface area contributed by atoms with Crippen LogP contribution >= 0.6 is 0 Å². The van der Waals surface area contributed by atoms with Gasteiger partial charge < -0.3 is 15.5 Å². The lowest BCUT2D eigenvalue weighted by Gasteiger charge is -2.19. The molecule has 0 saturated carbocycles. The van der Waals surface area contributed by atoms with Gasteiger partial charge in [-0.1, -0.05) is 30.3 Å². The maximum atomic E-state index is 11.8. The van der Waals surface area contributed by atoms with Crippen LogP contribution in [0.25, 0.3) is 0 Å². The molecule has 2 rings (SSSR count). The fourth-order valence-corrected chi connectivity index (χ4v) is 3.04. The number of hydrogen-bond acceptors (Lipinski definition) is 2. The Kier molecular flexibility index (Phi) is 6.40. The number of benzene rings is 1. The molecule has 1 unspecified atom stereocenters. The zero-order valence-corrected chi connectivity index (χ0v) is 13.2. The van der Waals surface area contributed by atoms with Gasteiger partial charge in [-0.05, 0) is 18.9 Å². The van der Waals surface area contributed by atoms with E-state index in [0.29, 0.717) is 19.1 Å². The van der Waals surface area contributed by atoms with E-state index in [-0.39, 0.29) is 0 Å². The summed E-state index contributed by atoms with van der Waals surface area (Å²) < 4.78 is 0. The summed E-state index contributed by atoms with van der Waals surface area (Å²) >= 11 is 0. The first kappa shape index (κ1) is 16.5. The molecule has 5 nitrogen and oxygen atoms in total. The SMILES string of the molecule is CC[NH+]1CCC[C@@H]1CNC(=O)C(=O)NCCc1ccccc1. The zero-order chi connectivity index (χ0) is 15.8. The lowest BCUT2D eigenvalue weighted by atomic mass is 10.1. The highest BCUT2D eigenvalue weighted by molar-refractivity contribution is 6.35. The quantitative estimate of drug-likeness (QED) is 0.622. The molecule has 1 saturated heterocycles. The van der Waals surface area contributed by atoms with Crippen molar-refractivity contribution in [1.82, 2.24) is 10.6 Å². The van der Waals surface area contributed by atoms with Crippen LogP contribution in [0.4, 0.5) is 0 Å². The summed E-state index contributed by atoms with van der Waals surface area (Å²) in [7, 11) is 0. The number of likely N-dealkylation sites (N-methyl/N-ethyl adjacent to an activating group) is 1. The molecule has 0 radical (unpaired) electrons. The van der Waals surface area contributed by atoms with Gasteiger partial charge in [0.05, 0.1) is 19.6 Å². The van der Waals surface area contributed by atoms with Crippen LogP contribution < -0.4 is 15.5 Å². The number of nitrogens with one attached hydrogen (secondary N) is 3. The highest BCUT2D eigenvalue weighted by atomic mass is 16.2. The third kappa shape index (κ3) is 4.84. The van der Waals surface area contributed by atoms with E-state index in [4.69, 9.17) is 0 Å². The zero-order valence-electron chi connectivity index (χ0n) is 13.2. The van der Waals surface area contributed by atoms with Gasteiger partial charge in [-0.15, -0.1) is 0 Å². The molecule has 22 heavy (non-hydrogen) atoms. The van der Waals surface area contributed by atoms with Crippen LogP contribution in [0.1, 0.15) is 25.3 Å². The monoisotopic (exact) mass is 304 g/mol. The van der Waals surface area contributed by atoms with Gasteiger partial charge in [-0.3, -0.25) is 9.59 Å². The number of carbonyl (C=O) groups excluding carboxylic acids is 2. The molecule has 1 heterocycles. The smallest absolute Gasteiger partial charge is 0.309 e. The third-order valence-corrected chi connectivity index (χ3v) is 4.34. The standard InChI is InChI=1S/C17H25N3O2/c1-2-20-12-6-9-15(20)13-19-17(22)16(21)18-11-10-14-7-4-3-5-8-14/h3-5,7-8,15H,2,6,9-13H2,1H3,(H,18,21)(H,19,22)/p+1/t15-/m1/s1. The van der Waals surface area contributed by atoms with Crippen molar-refractivity contribution in [2.45, 2.75) is 32.2 Å². The summed E-state index contributed by atoms with van der Waals surface area (Å²) in [6.07, 6.45) is 3.06. The topological polar surface area (TPSA) is 62.6 Å². The highest BCUT2D eigenvalue weighted by Crippen LogP contribution is 1.99. The Labute approximate surface area is 132 Å². The number of quaternary nitrogens is 1. The van der Waals surface area contributed by atoms with Gasteiger partial charge in [0.2, 0.25) is 0 Å². The molecule has 0 spiro atoms. The van der Waals surface area contributed by atoms with Crippen molar-refractivity contribution in [3.8, 4) is 0 Å². The Morgan fingerprint density at radius 1 is 1.18 bits per heavy atom. The molecule has 1 aromatic rings. The first-order valence-electron chi connectivity index (χ1n) is 8.15. The van der Waals surface area contributed by atoms with Gasteiger partial charge in [-0.25, -0.2) is 0 Å². The van der Waals surface area contributed by atoms with E-state index >= 15 is 0 Å². The molecule has 1 aliphatic rings. The van der Waals surface area contributed by atoms with Gasteiger partial charge in [0.15, 0.2) is 0 Å². The summed E-state index contributed by atoms with van der Waals surface area (Å²) in [5, 5.41) is 5.44. The minimum atomic E-state index is -0.535. The molecule has 1 aliphatic heterocycles. The van der Waals surface area contributed by atoms with Gasteiger partial charge >= 0.3 is 11.8 Å². The van der Waals surface area contributed by atoms with Crippen molar-refractivity contribution < 1.29 is 14.5 Å². The van der Waals surface area contributed by atoms with Crippen LogP contribution in [-0.4, -0.2) is 44.0 Å². The highest BCUT2D eigenvalue weighted by Gasteiger charge is 2.27. The van der Waals surface area contributed by atoms with E-state index in [1.54, 1.807) is 0 Å². The van der Waals surface area contributed by atoms with Crippen LogP contribution in [0.5, 0.6) is 0 Å². The molecule has 3 N–H and O–H groups in total. The minimum Gasteiger partial charge on any atom is -0.348 e. The third-order valence-electron chi connectivity index (χ3n) is 4.34. The molecule has 2 amide bonds. The predicted molar refractivity (Wildman–Crippen MR) is 85.6 cm³/mol. The molecule has 120 valence electrons. The van der Waals surface area contributed by atoms with Crippen molar-refractivity contribution in [2.24, 2.45) is 0 Å². The molecule has 2 atom stereocenters. The summed E-state index contributed by atoms with van der Waals surface area (Å²) in [6, 6.07) is 10.4. The van der Waals surface area contributed by atoms with E-state index in [9.17, 15) is 9.59 Å². The summed E-state index contributed by atoms with van der Waals surface area (Å²) in [6.45, 7) is 5.47. The number of rotatable bonds is 6. The second-order valence-electron chi connectivity index (χ2n) is 5.80. The van der Waals surface area contributed by atoms with Gasteiger partial charge in [0.1, 0.15) is 6.04 Å². The number of likely N-dealkylation sites (tertiary alicyclic amines) is 1. The van der Waals surface area contributed by atoms with Crippen LogP contribution in [0.15, 0.2) is 30.3 Å². The number of hydrogen-bond donors (Lipinski definition) is 3. The Bertz CT molecular complexity index is 490. The van der Waals surface area contributed by atoms with E-state index < -0.39 is 11.8 Å². The summed E-state index contributed by atoms with van der Waals surface area (Å²) in [5.41, 5.74) is 1.15. The molecule has 1 aromatic carbocycles. The number of amides is 2.